The second kappa shape index (κ2) is 8.40. The Bertz CT molecular complexity index is 1400. The van der Waals surface area contributed by atoms with E-state index in [0.29, 0.717) is 16.8 Å². The Morgan fingerprint density at radius 1 is 1.03 bits per heavy atom. The normalized spacial score (nSPS) is 10.7. The number of aromatic hydroxyl groups is 1. The minimum atomic E-state index is -1.10. The Balaban J connectivity index is 1.90. The summed E-state index contributed by atoms with van der Waals surface area (Å²) in [5, 5.41) is 30.6. The summed E-state index contributed by atoms with van der Waals surface area (Å²) in [4.78, 5) is 15.5. The maximum absolute atomic E-state index is 11.4. The number of aromatic carboxylic acids is 1. The topological polar surface area (TPSA) is 99.1 Å². The average molecular weight is 423 g/mol. The van der Waals surface area contributed by atoms with Gasteiger partial charge in [-0.2, -0.15) is 5.26 Å². The van der Waals surface area contributed by atoms with E-state index in [4.69, 9.17) is 5.26 Å². The van der Waals surface area contributed by atoms with Gasteiger partial charge in [0.2, 0.25) is 5.88 Å². The molecule has 4 aromatic rings. The lowest BCUT2D eigenvalue weighted by atomic mass is 9.93. The summed E-state index contributed by atoms with van der Waals surface area (Å²) in [5.41, 5.74) is 5.36. The minimum absolute atomic E-state index is 0.0405. The SMILES string of the molecule is CC(C)=C(c1ccc(C#N)cc1)c1c(O)n(Cc2cccc(C(=O)O)n2)c2ccccc12. The molecule has 2 aromatic heterocycles. The fourth-order valence-corrected chi connectivity index (χ4v) is 3.94. The highest BCUT2D eigenvalue weighted by molar-refractivity contribution is 6.01. The summed E-state index contributed by atoms with van der Waals surface area (Å²) >= 11 is 0. The second-order valence-electron chi connectivity index (χ2n) is 7.69. The molecule has 0 aliphatic rings. The molecule has 0 aliphatic heterocycles. The third-order valence-corrected chi connectivity index (χ3v) is 5.34. The van der Waals surface area contributed by atoms with Crippen LogP contribution < -0.4 is 0 Å². The van der Waals surface area contributed by atoms with Gasteiger partial charge in [0.1, 0.15) is 5.69 Å². The van der Waals surface area contributed by atoms with E-state index in [0.717, 1.165) is 27.6 Å². The van der Waals surface area contributed by atoms with Crippen molar-refractivity contribution in [1.29, 1.82) is 5.26 Å². The number of hydrogen-bond donors (Lipinski definition) is 2. The van der Waals surface area contributed by atoms with Crippen LogP contribution in [0.3, 0.4) is 0 Å². The predicted molar refractivity (Wildman–Crippen MR) is 122 cm³/mol. The van der Waals surface area contributed by atoms with E-state index in [1.807, 2.05) is 50.2 Å². The summed E-state index contributed by atoms with van der Waals surface area (Å²) in [7, 11) is 0. The summed E-state index contributed by atoms with van der Waals surface area (Å²) in [6.07, 6.45) is 0. The van der Waals surface area contributed by atoms with Crippen molar-refractivity contribution < 1.29 is 15.0 Å². The lowest BCUT2D eigenvalue weighted by Crippen LogP contribution is -2.06. The first-order valence-corrected chi connectivity index (χ1v) is 10.1. The van der Waals surface area contributed by atoms with Crippen molar-refractivity contribution in [2.75, 3.05) is 0 Å². The summed E-state index contributed by atoms with van der Waals surface area (Å²) < 4.78 is 1.74. The molecule has 0 aliphatic carbocycles. The van der Waals surface area contributed by atoms with Crippen LogP contribution in [0.2, 0.25) is 0 Å². The van der Waals surface area contributed by atoms with E-state index in [1.54, 1.807) is 28.8 Å². The quantitative estimate of drug-likeness (QED) is 0.459. The van der Waals surface area contributed by atoms with Crippen molar-refractivity contribution in [3.05, 3.63) is 100 Å². The van der Waals surface area contributed by atoms with Gasteiger partial charge in [-0.1, -0.05) is 42.0 Å². The van der Waals surface area contributed by atoms with Crippen molar-refractivity contribution >= 4 is 22.4 Å². The molecule has 0 radical (unpaired) electrons. The molecule has 6 heteroatoms. The molecule has 4 rings (SSSR count). The molecular formula is C26H21N3O3. The fraction of sp³-hybridized carbons (Fsp3) is 0.115. The van der Waals surface area contributed by atoms with Crippen LogP contribution >= 0.6 is 0 Å². The van der Waals surface area contributed by atoms with Crippen molar-refractivity contribution in [2.24, 2.45) is 0 Å². The van der Waals surface area contributed by atoms with E-state index >= 15 is 0 Å². The van der Waals surface area contributed by atoms with Crippen LogP contribution in [0.15, 0.2) is 72.3 Å². The van der Waals surface area contributed by atoms with E-state index in [-0.39, 0.29) is 18.1 Å². The molecule has 0 saturated heterocycles. The molecule has 0 saturated carbocycles. The van der Waals surface area contributed by atoms with Gasteiger partial charge in [0.05, 0.1) is 35.0 Å². The first-order chi connectivity index (χ1) is 15.4. The molecule has 0 spiro atoms. The van der Waals surface area contributed by atoms with Gasteiger partial charge >= 0.3 is 5.97 Å². The van der Waals surface area contributed by atoms with Gasteiger partial charge in [0.25, 0.3) is 0 Å². The van der Waals surface area contributed by atoms with Crippen molar-refractivity contribution in [2.45, 2.75) is 20.4 Å². The number of aromatic nitrogens is 2. The first-order valence-electron chi connectivity index (χ1n) is 10.1. The number of benzene rings is 2. The number of hydrogen-bond acceptors (Lipinski definition) is 4. The molecule has 2 heterocycles. The Morgan fingerprint density at radius 2 is 1.75 bits per heavy atom. The number of allylic oxidation sites excluding steroid dienone is 1. The highest BCUT2D eigenvalue weighted by atomic mass is 16.4. The molecule has 2 aromatic carbocycles. The van der Waals surface area contributed by atoms with Gasteiger partial charge in [-0.05, 0) is 55.3 Å². The second-order valence-corrected chi connectivity index (χ2v) is 7.69. The minimum Gasteiger partial charge on any atom is -0.494 e. The van der Waals surface area contributed by atoms with Crippen molar-refractivity contribution in [1.82, 2.24) is 9.55 Å². The van der Waals surface area contributed by atoms with Gasteiger partial charge in [0, 0.05) is 5.39 Å². The van der Waals surface area contributed by atoms with Crippen LogP contribution in [0, 0.1) is 11.3 Å². The van der Waals surface area contributed by atoms with Crippen LogP contribution in [-0.4, -0.2) is 25.7 Å². The summed E-state index contributed by atoms with van der Waals surface area (Å²) in [6.45, 7) is 4.19. The van der Waals surface area contributed by atoms with Crippen LogP contribution in [-0.2, 0) is 6.54 Å². The number of carboxylic acid groups (broad SMARTS) is 1. The standard InChI is InChI=1S/C26H21N3O3/c1-16(2)23(18-12-10-17(14-27)11-13-18)24-20-7-3-4-9-22(20)29(25(24)30)15-19-6-5-8-21(28-19)26(31)32/h3-13,30H,15H2,1-2H3,(H,31,32). The predicted octanol–water partition coefficient (Wildman–Crippen LogP) is 5.20. The van der Waals surface area contributed by atoms with Gasteiger partial charge in [0.15, 0.2) is 0 Å². The Kier molecular flexibility index (Phi) is 5.48. The Morgan fingerprint density at radius 3 is 2.41 bits per heavy atom. The van der Waals surface area contributed by atoms with Gasteiger partial charge in [-0.25, -0.2) is 9.78 Å². The fourth-order valence-electron chi connectivity index (χ4n) is 3.94. The maximum Gasteiger partial charge on any atom is 0.354 e. The highest BCUT2D eigenvalue weighted by Gasteiger charge is 2.22. The number of pyridine rings is 1. The Labute approximate surface area is 185 Å². The third kappa shape index (κ3) is 3.72. The molecule has 6 nitrogen and oxygen atoms in total. The molecule has 0 fully saturated rings. The number of para-hydroxylation sites is 1. The molecule has 2 N–H and O–H groups in total. The van der Waals surface area contributed by atoms with Crippen LogP contribution in [0.5, 0.6) is 5.88 Å². The third-order valence-electron chi connectivity index (χ3n) is 5.34. The van der Waals surface area contributed by atoms with E-state index < -0.39 is 5.97 Å². The smallest absolute Gasteiger partial charge is 0.354 e. The number of carboxylic acids is 1. The van der Waals surface area contributed by atoms with Gasteiger partial charge in [-0.15, -0.1) is 0 Å². The number of rotatable bonds is 5. The lowest BCUT2D eigenvalue weighted by molar-refractivity contribution is 0.0690. The molecule has 0 bridgehead atoms. The molecule has 158 valence electrons. The van der Waals surface area contributed by atoms with Crippen molar-refractivity contribution in [3.8, 4) is 11.9 Å². The first kappa shape index (κ1) is 20.9. The average Bonchev–Trinajstić information content (AvgIpc) is 3.06. The van der Waals surface area contributed by atoms with E-state index in [1.165, 1.54) is 6.07 Å². The lowest BCUT2D eigenvalue weighted by Gasteiger charge is -2.12. The summed E-state index contributed by atoms with van der Waals surface area (Å²) in [5.74, 6) is -1.02. The zero-order chi connectivity index (χ0) is 22.8. The largest absolute Gasteiger partial charge is 0.494 e. The molecular weight excluding hydrogens is 402 g/mol. The monoisotopic (exact) mass is 423 g/mol. The number of carbonyl (C=O) groups is 1. The van der Waals surface area contributed by atoms with Gasteiger partial charge < -0.3 is 14.8 Å². The maximum atomic E-state index is 11.4. The van der Waals surface area contributed by atoms with E-state index in [2.05, 4.69) is 11.1 Å². The van der Waals surface area contributed by atoms with E-state index in [9.17, 15) is 15.0 Å². The highest BCUT2D eigenvalue weighted by Crippen LogP contribution is 2.41. The zero-order valence-electron chi connectivity index (χ0n) is 17.7. The zero-order valence-corrected chi connectivity index (χ0v) is 17.7. The molecule has 32 heavy (non-hydrogen) atoms. The van der Waals surface area contributed by atoms with Crippen LogP contribution in [0.25, 0.3) is 16.5 Å². The van der Waals surface area contributed by atoms with Gasteiger partial charge in [-0.3, -0.25) is 0 Å². The van der Waals surface area contributed by atoms with Crippen LogP contribution in [0.4, 0.5) is 0 Å². The molecule has 0 amide bonds. The van der Waals surface area contributed by atoms with Crippen LogP contribution in [0.1, 0.15) is 46.7 Å². The number of nitrogens with zero attached hydrogens (tertiary/aromatic N) is 3. The number of fused-ring (bicyclic) bond motifs is 1. The Hall–Kier alpha value is -4.37. The number of nitriles is 1. The van der Waals surface area contributed by atoms with Crippen molar-refractivity contribution in [3.63, 3.8) is 0 Å². The summed E-state index contributed by atoms with van der Waals surface area (Å²) in [6, 6.07) is 21.9. The molecule has 0 unspecified atom stereocenters. The molecule has 0 atom stereocenters.